The molecule has 0 N–H and O–H groups in total. The van der Waals surface area contributed by atoms with E-state index in [1.807, 2.05) is 0 Å². The molecule has 0 spiro atoms. The summed E-state index contributed by atoms with van der Waals surface area (Å²) in [4.78, 5) is 5.15. The van der Waals surface area contributed by atoms with E-state index in [2.05, 4.69) is 55.5 Å². The first-order valence-corrected chi connectivity index (χ1v) is 10.9. The zero-order valence-corrected chi connectivity index (χ0v) is 17.2. The predicted octanol–water partition coefficient (Wildman–Crippen LogP) is 6.19. The number of nitrogens with zero attached hydrogens (tertiary/aromatic N) is 1. The summed E-state index contributed by atoms with van der Waals surface area (Å²) in [6.45, 7) is 3.36. The molecule has 0 unspecified atom stereocenters. The van der Waals surface area contributed by atoms with Crippen molar-refractivity contribution >= 4 is 5.71 Å². The summed E-state index contributed by atoms with van der Waals surface area (Å²) in [5, 5.41) is 0. The number of fused-ring (bicyclic) bond motifs is 5. The third-order valence-corrected chi connectivity index (χ3v) is 7.97. The van der Waals surface area contributed by atoms with E-state index in [1.165, 1.54) is 55.4 Å². The fourth-order valence-electron chi connectivity index (χ4n) is 6.50. The molecule has 3 aliphatic rings. The molecule has 2 aromatic carbocycles. The molecule has 0 aliphatic heterocycles. The molecule has 2 aromatic rings. The van der Waals surface area contributed by atoms with Gasteiger partial charge in [0.1, 0.15) is 5.75 Å². The maximum Gasteiger partial charge on any atom is 0.119 e. The van der Waals surface area contributed by atoms with E-state index in [0.29, 0.717) is 5.41 Å². The van der Waals surface area contributed by atoms with E-state index in [1.54, 1.807) is 12.7 Å². The topological polar surface area (TPSA) is 21.6 Å². The van der Waals surface area contributed by atoms with E-state index < -0.39 is 0 Å². The van der Waals surface area contributed by atoms with Gasteiger partial charge in [0, 0.05) is 11.1 Å². The fraction of sp³-hybridized carbons (Fsp3) is 0.500. The Kier molecular flexibility index (Phi) is 4.53. The molecule has 0 bridgehead atoms. The van der Waals surface area contributed by atoms with Crippen molar-refractivity contribution in [2.75, 3.05) is 7.11 Å². The zero-order chi connectivity index (χ0) is 19.1. The average Bonchev–Trinajstić information content (AvgIpc) is 3.08. The smallest absolute Gasteiger partial charge is 0.119 e. The second-order valence-corrected chi connectivity index (χ2v) is 9.22. The molecule has 0 saturated heterocycles. The van der Waals surface area contributed by atoms with Gasteiger partial charge < -0.3 is 4.74 Å². The van der Waals surface area contributed by atoms with Gasteiger partial charge in [0.2, 0.25) is 0 Å². The Labute approximate surface area is 169 Å². The van der Waals surface area contributed by atoms with Gasteiger partial charge in [0.15, 0.2) is 0 Å². The first-order chi connectivity index (χ1) is 13.7. The van der Waals surface area contributed by atoms with Crippen LogP contribution in [0.5, 0.6) is 5.75 Å². The Bertz CT molecular complexity index is 887. The maximum atomic E-state index is 5.46. The summed E-state index contributed by atoms with van der Waals surface area (Å²) in [6, 6.07) is 17.5. The fourth-order valence-corrected chi connectivity index (χ4v) is 6.50. The highest BCUT2D eigenvalue weighted by atomic mass is 16.5. The van der Waals surface area contributed by atoms with Crippen LogP contribution >= 0.6 is 0 Å². The van der Waals surface area contributed by atoms with Crippen LogP contribution in [-0.4, -0.2) is 12.8 Å². The van der Waals surface area contributed by atoms with Gasteiger partial charge in [-0.05, 0) is 85.1 Å². The average molecular weight is 374 g/mol. The van der Waals surface area contributed by atoms with E-state index >= 15 is 0 Å². The van der Waals surface area contributed by atoms with Crippen molar-refractivity contribution in [1.29, 1.82) is 0 Å². The van der Waals surface area contributed by atoms with E-state index in [4.69, 9.17) is 9.73 Å². The van der Waals surface area contributed by atoms with Crippen LogP contribution in [0.25, 0.3) is 0 Å². The summed E-state index contributed by atoms with van der Waals surface area (Å²) in [7, 11) is 1.77. The lowest BCUT2D eigenvalue weighted by molar-refractivity contribution is 0.0955. The van der Waals surface area contributed by atoms with Gasteiger partial charge in [-0.1, -0.05) is 43.3 Å². The third-order valence-electron chi connectivity index (χ3n) is 7.97. The standard InChI is InChI=1S/C26H31NO/c1-26-15-14-22-21-11-9-20(28-2)16-19(21)8-10-23(22)24(26)12-13-25(26)27-17-18-6-4-3-5-7-18/h3-7,9,11,16,22-24H,8,10,12-15,17H2,1-2H3/t22-,23-,24+,26-/m1/s1. The van der Waals surface area contributed by atoms with Crippen molar-refractivity contribution in [3.05, 3.63) is 65.2 Å². The summed E-state index contributed by atoms with van der Waals surface area (Å²) in [5.41, 5.74) is 6.28. The van der Waals surface area contributed by atoms with Crippen LogP contribution in [0.15, 0.2) is 53.5 Å². The molecule has 0 radical (unpaired) electrons. The lowest BCUT2D eigenvalue weighted by Crippen LogP contribution is -2.42. The van der Waals surface area contributed by atoms with Crippen LogP contribution in [0, 0.1) is 17.3 Å². The number of aliphatic imine (C=N–C) groups is 1. The largest absolute Gasteiger partial charge is 0.497 e. The molecule has 4 atom stereocenters. The minimum atomic E-state index is 0.319. The third kappa shape index (κ3) is 2.89. The highest BCUT2D eigenvalue weighted by Gasteiger charge is 2.53. The van der Waals surface area contributed by atoms with Gasteiger partial charge in [0.05, 0.1) is 13.7 Å². The van der Waals surface area contributed by atoms with Crippen LogP contribution in [-0.2, 0) is 13.0 Å². The molecule has 2 nitrogen and oxygen atoms in total. The number of hydrogen-bond acceptors (Lipinski definition) is 2. The lowest BCUT2D eigenvalue weighted by Gasteiger charge is -2.49. The van der Waals surface area contributed by atoms with Crippen molar-refractivity contribution in [3.8, 4) is 5.75 Å². The molecular weight excluding hydrogens is 342 g/mol. The monoisotopic (exact) mass is 373 g/mol. The predicted molar refractivity (Wildman–Crippen MR) is 115 cm³/mol. The van der Waals surface area contributed by atoms with Crippen LogP contribution in [0.3, 0.4) is 0 Å². The molecule has 0 heterocycles. The first-order valence-electron chi connectivity index (χ1n) is 10.9. The minimum absolute atomic E-state index is 0.319. The quantitative estimate of drug-likeness (QED) is 0.628. The van der Waals surface area contributed by atoms with Crippen molar-refractivity contribution in [2.45, 2.75) is 57.9 Å². The number of rotatable bonds is 3. The first kappa shape index (κ1) is 18.0. The summed E-state index contributed by atoms with van der Waals surface area (Å²) in [6.07, 6.45) is 7.66. The molecule has 2 fully saturated rings. The number of aryl methyl sites for hydroxylation is 1. The summed E-state index contributed by atoms with van der Waals surface area (Å²) < 4.78 is 5.46. The van der Waals surface area contributed by atoms with E-state index in [9.17, 15) is 0 Å². The molecule has 5 rings (SSSR count). The van der Waals surface area contributed by atoms with Crippen LogP contribution < -0.4 is 4.74 Å². The van der Waals surface area contributed by atoms with E-state index in [-0.39, 0.29) is 0 Å². The van der Waals surface area contributed by atoms with Crippen molar-refractivity contribution in [2.24, 2.45) is 22.2 Å². The molecule has 3 aliphatic carbocycles. The van der Waals surface area contributed by atoms with Crippen molar-refractivity contribution in [3.63, 3.8) is 0 Å². The normalized spacial score (nSPS) is 32.5. The number of hydrogen-bond donors (Lipinski definition) is 0. The molecule has 0 aromatic heterocycles. The molecule has 0 amide bonds. The Balaban J connectivity index is 1.39. The van der Waals surface area contributed by atoms with Gasteiger partial charge in [0.25, 0.3) is 0 Å². The second-order valence-electron chi connectivity index (χ2n) is 9.22. The number of methoxy groups -OCH3 is 1. The van der Waals surface area contributed by atoms with Gasteiger partial charge in [-0.15, -0.1) is 0 Å². The maximum absolute atomic E-state index is 5.46. The zero-order valence-electron chi connectivity index (χ0n) is 17.2. The highest BCUT2D eigenvalue weighted by Crippen LogP contribution is 2.60. The van der Waals surface area contributed by atoms with Crippen LogP contribution in [0.4, 0.5) is 0 Å². The second kappa shape index (κ2) is 7.06. The summed E-state index contributed by atoms with van der Waals surface area (Å²) in [5.74, 6) is 3.37. The molecule has 2 heteroatoms. The van der Waals surface area contributed by atoms with Crippen molar-refractivity contribution in [1.82, 2.24) is 0 Å². The SMILES string of the molecule is COc1ccc2c(c1)CC[C@@H]1[C@@H]2CC[C@@]2(C)C(=NCc3ccccc3)CC[C@@H]12. The van der Waals surface area contributed by atoms with Crippen LogP contribution in [0.1, 0.15) is 61.6 Å². The molecule has 146 valence electrons. The molecule has 2 saturated carbocycles. The number of ether oxygens (including phenoxy) is 1. The highest BCUT2D eigenvalue weighted by molar-refractivity contribution is 5.92. The van der Waals surface area contributed by atoms with Gasteiger partial charge in [-0.2, -0.15) is 0 Å². The van der Waals surface area contributed by atoms with Crippen molar-refractivity contribution < 1.29 is 4.74 Å². The Morgan fingerprint density at radius 2 is 1.89 bits per heavy atom. The minimum Gasteiger partial charge on any atom is -0.497 e. The Hall–Kier alpha value is -2.09. The Morgan fingerprint density at radius 3 is 2.71 bits per heavy atom. The van der Waals surface area contributed by atoms with Gasteiger partial charge in [-0.25, -0.2) is 0 Å². The van der Waals surface area contributed by atoms with E-state index in [0.717, 1.165) is 30.0 Å². The van der Waals surface area contributed by atoms with Gasteiger partial charge >= 0.3 is 0 Å². The number of benzene rings is 2. The lowest BCUT2D eigenvalue weighted by atomic mass is 9.55. The summed E-state index contributed by atoms with van der Waals surface area (Å²) >= 11 is 0. The Morgan fingerprint density at radius 1 is 1.04 bits per heavy atom. The molecule has 28 heavy (non-hydrogen) atoms. The van der Waals surface area contributed by atoms with Gasteiger partial charge in [-0.3, -0.25) is 4.99 Å². The molecular formula is C26H31NO. The van der Waals surface area contributed by atoms with Crippen LogP contribution in [0.2, 0.25) is 0 Å².